The van der Waals surface area contributed by atoms with Crippen molar-refractivity contribution in [2.75, 3.05) is 19.7 Å². The smallest absolute Gasteiger partial charge is 0.409 e. The molecule has 8 rings (SSSR count). The quantitative estimate of drug-likeness (QED) is 0.0658. The number of carbonyl (C=O) groups excluding carboxylic acids is 8. The maximum absolute atomic E-state index is 14.5. The summed E-state index contributed by atoms with van der Waals surface area (Å²) in [6, 6.07) is -8.06. The van der Waals surface area contributed by atoms with Crippen LogP contribution in [0.2, 0.25) is 0 Å². The molecule has 28 heteroatoms. The van der Waals surface area contributed by atoms with E-state index < -0.39 is 183 Å². The molecule has 3 saturated heterocycles. The number of ether oxygens (including phenoxy) is 1. The summed E-state index contributed by atoms with van der Waals surface area (Å²) >= 11 is 0. The predicted octanol–water partition coefficient (Wildman–Crippen LogP) is -1.55. The van der Waals surface area contributed by atoms with E-state index in [0.717, 1.165) is 42.4 Å². The number of nitrogens with two attached hydrogens (primary N) is 1. The fourth-order valence-corrected chi connectivity index (χ4v) is 15.7. The van der Waals surface area contributed by atoms with Gasteiger partial charge in [0.25, 0.3) is 0 Å². The molecule has 8 amide bonds. The number of aliphatic hydroxyl groups is 9. The van der Waals surface area contributed by atoms with Gasteiger partial charge < -0.3 is 97.9 Å². The van der Waals surface area contributed by atoms with Crippen molar-refractivity contribution in [1.29, 1.82) is 0 Å². The highest BCUT2D eigenvalue weighted by Gasteiger charge is 2.58. The van der Waals surface area contributed by atoms with Crippen LogP contribution in [0.5, 0.6) is 5.75 Å². The average molecular weight is 1340 g/mol. The zero-order valence-electron chi connectivity index (χ0n) is 55.4. The molecule has 528 valence electrons. The molecule has 4 aliphatic carbocycles. The van der Waals surface area contributed by atoms with Crippen molar-refractivity contribution in [2.24, 2.45) is 58.0 Å². The molecule has 0 bridgehead atoms. The van der Waals surface area contributed by atoms with E-state index >= 15 is 0 Å². The number of nitrogens with one attached hydrogen (secondary N) is 6. The lowest BCUT2D eigenvalue weighted by Crippen LogP contribution is -2.63. The summed E-state index contributed by atoms with van der Waals surface area (Å²) in [4.78, 5) is 115. The summed E-state index contributed by atoms with van der Waals surface area (Å²) in [6.07, 6.45) is -4.12. The van der Waals surface area contributed by atoms with Crippen molar-refractivity contribution < 1.29 is 94.2 Å². The van der Waals surface area contributed by atoms with Crippen LogP contribution in [0.4, 0.5) is 4.79 Å². The number of phenolic OH excluding ortho intramolecular Hbond substituents is 1. The zero-order valence-corrected chi connectivity index (χ0v) is 55.4. The van der Waals surface area contributed by atoms with E-state index in [2.05, 4.69) is 97.7 Å². The van der Waals surface area contributed by atoms with Gasteiger partial charge in [-0.3, -0.25) is 38.9 Å². The number of phenols is 1. The Kier molecular flexibility index (Phi) is 24.1. The van der Waals surface area contributed by atoms with Crippen LogP contribution in [-0.2, 0) is 44.7 Å². The summed E-state index contributed by atoms with van der Waals surface area (Å²) in [6.45, 7) is 14.3. The minimum atomic E-state index is -2.38. The lowest BCUT2D eigenvalue weighted by Gasteiger charge is -2.55. The zero-order chi connectivity index (χ0) is 69.9. The lowest BCUT2D eigenvalue weighted by molar-refractivity contribution is -0.147. The van der Waals surface area contributed by atoms with Gasteiger partial charge in [0, 0.05) is 51.1 Å². The number of hydrogen-bond acceptors (Lipinski definition) is 20. The first-order chi connectivity index (χ1) is 44.7. The Balaban J connectivity index is 0.951. The molecule has 28 nitrogen and oxygen atoms in total. The summed E-state index contributed by atoms with van der Waals surface area (Å²) in [5, 5.41) is 124. The Bertz CT molecular complexity index is 3060. The minimum Gasteiger partial charge on any atom is -0.508 e. The van der Waals surface area contributed by atoms with Crippen molar-refractivity contribution in [3.05, 3.63) is 65.3 Å². The molecule has 3 aliphatic heterocycles. The maximum atomic E-state index is 14.5. The van der Waals surface area contributed by atoms with Crippen LogP contribution in [0.1, 0.15) is 125 Å². The molecule has 24 atom stereocenters. The van der Waals surface area contributed by atoms with Gasteiger partial charge in [0.1, 0.15) is 60.3 Å². The second-order valence-electron chi connectivity index (χ2n) is 28.7. The Morgan fingerprint density at radius 3 is 2.13 bits per heavy atom. The molecule has 0 unspecified atom stereocenters. The van der Waals surface area contributed by atoms with E-state index in [1.807, 2.05) is 0 Å². The number of alkyl carbamates (subject to hydrolysis) is 1. The van der Waals surface area contributed by atoms with Gasteiger partial charge in [-0.2, -0.15) is 0 Å². The fraction of sp³-hybridized carbons (Fsp3) is 0.701. The van der Waals surface area contributed by atoms with Crippen molar-refractivity contribution in [3.63, 3.8) is 0 Å². The van der Waals surface area contributed by atoms with Crippen molar-refractivity contribution in [3.8, 4) is 5.75 Å². The van der Waals surface area contributed by atoms with Crippen LogP contribution in [0.25, 0.3) is 0 Å². The standard InChI is InChI=1S/C67H101N9O19/c1-31(2)32(3)9-10-33(4)42-17-18-43-41-16-13-37-24-40(19-21-66(37,7)44(41)20-22-67(42,43)8)95-65(94)74-60(89)50(82)26-45(68)56(85)69-46-27-51(83)59(88)73-62(91)54-55(84)34(5)28-76(54)63(92)47(30-77)70-61(90)53(49(81)23-36-11-14-38(79)15-12-36)72-58(87)48-25-39(80)29-75(48)64(93)52(35(6)78)71-57(46)86/h9-16,31-35,39-40,42-55,59-60,77-84,88-89H,17-30,68H2,1-8H3,(H,69,85)(H,70,90)(H,71,86)(H,72,87)(H,73,91)(H,74,94)/b10-9+/t32-,33+,34-,35+,39+,40-,42+,43-,44-,45-,46-,47-,48-,49+,50+,51+,52-,53-,54-,55-,59+,60+,66-,67+/m0/s1. The van der Waals surface area contributed by atoms with Crippen LogP contribution in [0, 0.1) is 52.3 Å². The van der Waals surface area contributed by atoms with Crippen LogP contribution >= 0.6 is 0 Å². The number of aliphatic hydroxyl groups excluding tert-OH is 9. The summed E-state index contributed by atoms with van der Waals surface area (Å²) in [7, 11) is 0. The van der Waals surface area contributed by atoms with Gasteiger partial charge in [0.05, 0.1) is 37.1 Å². The van der Waals surface area contributed by atoms with E-state index in [4.69, 9.17) is 10.5 Å². The van der Waals surface area contributed by atoms with Gasteiger partial charge in [0.2, 0.25) is 41.4 Å². The normalized spacial score (nSPS) is 35.8. The number of fused-ring (bicyclic) bond motifs is 7. The van der Waals surface area contributed by atoms with Crippen LogP contribution < -0.4 is 37.6 Å². The predicted molar refractivity (Wildman–Crippen MR) is 341 cm³/mol. The molecular weight excluding hydrogens is 1230 g/mol. The van der Waals surface area contributed by atoms with E-state index in [1.165, 1.54) is 48.8 Å². The SMILES string of the molecule is CC(C)[C@@H](C)/C=C/[C@@H](C)[C@H]1CC[C@H]2C3=CC=C4C[C@@H](OC(=O)N[C@H](O)[C@H](O)C[C@H](N)C(=O)N[C@H]5C[C@@H](O)[C@@H](O)NC(=O)[C@@H]6[C@@H](O)[C@@H](C)CN6C(=O)[C@H](CO)NC(=O)[C@H]([C@H](O)Cc6ccc(O)cc6)NC(=O)[C@@H]6C[C@@H](O)CN6C(=O)[C@H]([C@@H](C)O)NC5=O)CC[C@]4(C)[C@H]3CC[C@]12C. The molecule has 95 heavy (non-hydrogen) atoms. The fourth-order valence-electron chi connectivity index (χ4n) is 15.7. The van der Waals surface area contributed by atoms with Crippen molar-refractivity contribution in [1.82, 2.24) is 41.7 Å². The molecule has 6 fully saturated rings. The van der Waals surface area contributed by atoms with E-state index in [1.54, 1.807) is 0 Å². The summed E-state index contributed by atoms with van der Waals surface area (Å²) in [5.41, 5.74) is 9.33. The van der Waals surface area contributed by atoms with E-state index in [9.17, 15) is 89.4 Å². The van der Waals surface area contributed by atoms with Gasteiger partial charge in [-0.15, -0.1) is 0 Å². The van der Waals surface area contributed by atoms with E-state index in [-0.39, 0.29) is 29.5 Å². The lowest BCUT2D eigenvalue weighted by atomic mass is 9.50. The molecular formula is C67H101N9O19. The molecule has 0 spiro atoms. The molecule has 0 radical (unpaired) electrons. The van der Waals surface area contributed by atoms with Crippen molar-refractivity contribution >= 4 is 47.4 Å². The number of aromatic hydroxyl groups is 1. The number of carbonyl (C=O) groups is 8. The van der Waals surface area contributed by atoms with Crippen LogP contribution in [0.15, 0.2) is 59.7 Å². The number of allylic oxidation sites excluding steroid dienone is 5. The second-order valence-corrected chi connectivity index (χ2v) is 28.7. The van der Waals surface area contributed by atoms with Gasteiger partial charge in [-0.25, -0.2) is 4.79 Å². The average Bonchev–Trinajstić information content (AvgIpc) is 1.70. The first-order valence-electron chi connectivity index (χ1n) is 33.5. The topological polar surface area (TPSA) is 453 Å². The monoisotopic (exact) mass is 1340 g/mol. The number of hydrogen-bond donors (Lipinski definition) is 17. The Morgan fingerprint density at radius 2 is 1.46 bits per heavy atom. The first kappa shape index (κ1) is 74.2. The van der Waals surface area contributed by atoms with Crippen LogP contribution in [0.3, 0.4) is 0 Å². The summed E-state index contributed by atoms with van der Waals surface area (Å²) < 4.78 is 5.81. The molecule has 1 aromatic rings. The Labute approximate surface area is 553 Å². The molecule has 18 N–H and O–H groups in total. The van der Waals surface area contributed by atoms with Crippen LogP contribution in [-0.4, -0.2) is 225 Å². The number of nitrogens with zero attached hydrogens (tertiary/aromatic N) is 2. The highest BCUT2D eigenvalue weighted by atomic mass is 16.6. The third-order valence-corrected chi connectivity index (χ3v) is 21.8. The van der Waals surface area contributed by atoms with Gasteiger partial charge in [-0.05, 0) is 109 Å². The summed E-state index contributed by atoms with van der Waals surface area (Å²) in [5.74, 6) is -6.74. The Hall–Kier alpha value is -6.60. The van der Waals surface area contributed by atoms with Gasteiger partial charge in [0.15, 0.2) is 12.5 Å². The molecule has 1 aromatic carbocycles. The third-order valence-electron chi connectivity index (χ3n) is 21.8. The highest BCUT2D eigenvalue weighted by molar-refractivity contribution is 5.98. The number of benzene rings is 1. The van der Waals surface area contributed by atoms with E-state index in [0.29, 0.717) is 53.9 Å². The molecule has 3 heterocycles. The molecule has 0 aromatic heterocycles. The highest BCUT2D eigenvalue weighted by Crippen LogP contribution is 2.66. The second kappa shape index (κ2) is 30.9. The maximum Gasteiger partial charge on any atom is 0.409 e. The Morgan fingerprint density at radius 1 is 0.779 bits per heavy atom. The number of amides is 8. The largest absolute Gasteiger partial charge is 0.508 e. The first-order valence-corrected chi connectivity index (χ1v) is 33.5. The van der Waals surface area contributed by atoms with Crippen molar-refractivity contribution in [2.45, 2.75) is 223 Å². The number of rotatable bonds is 16. The third kappa shape index (κ3) is 16.5. The van der Waals surface area contributed by atoms with Gasteiger partial charge in [-0.1, -0.05) is 96.0 Å². The molecule has 7 aliphatic rings. The molecule has 3 saturated carbocycles. The minimum absolute atomic E-state index is 0.131. The van der Waals surface area contributed by atoms with Gasteiger partial charge >= 0.3 is 6.09 Å².